The summed E-state index contributed by atoms with van der Waals surface area (Å²) in [7, 11) is -4.70. The Morgan fingerprint density at radius 2 is 1.23 bits per heavy atom. The first kappa shape index (κ1) is 30.0. The zero-order valence-corrected chi connectivity index (χ0v) is 20.3. The predicted molar refractivity (Wildman–Crippen MR) is 119 cm³/mol. The summed E-state index contributed by atoms with van der Waals surface area (Å²) in [5.41, 5.74) is 0. The van der Waals surface area contributed by atoms with Crippen LogP contribution in [-0.2, 0) is 28.2 Å². The molecule has 2 N–H and O–H groups in total. The van der Waals surface area contributed by atoms with Crippen LogP contribution in [0.15, 0.2) is 0 Å². The van der Waals surface area contributed by atoms with Gasteiger partial charge in [0.2, 0.25) is 0 Å². The minimum absolute atomic E-state index is 0.215. The van der Waals surface area contributed by atoms with Crippen molar-refractivity contribution in [1.82, 2.24) is 0 Å². The second-order valence-corrected chi connectivity index (χ2v) is 9.21. The third-order valence-electron chi connectivity index (χ3n) is 4.85. The van der Waals surface area contributed by atoms with Gasteiger partial charge in [0.15, 0.2) is 6.10 Å². The van der Waals surface area contributed by atoms with E-state index in [1.807, 2.05) is 6.92 Å². The Balaban J connectivity index is 3.92. The van der Waals surface area contributed by atoms with Crippen molar-refractivity contribution >= 4 is 19.8 Å². The van der Waals surface area contributed by atoms with E-state index in [1.54, 1.807) is 0 Å². The highest BCUT2D eigenvalue weighted by atomic mass is 31.2. The molecule has 0 fully saturated rings. The topological polar surface area (TPSA) is 119 Å². The van der Waals surface area contributed by atoms with Crippen LogP contribution < -0.4 is 0 Å². The van der Waals surface area contributed by atoms with Gasteiger partial charge in [0.05, 0.1) is 6.61 Å². The molecular formula is C22H43O8P. The quantitative estimate of drug-likeness (QED) is 0.130. The molecule has 0 aliphatic carbocycles. The Bertz CT molecular complexity index is 506. The van der Waals surface area contributed by atoms with E-state index < -0.39 is 32.5 Å². The zero-order chi connectivity index (χ0) is 23.4. The van der Waals surface area contributed by atoms with Crippen LogP contribution in [0.4, 0.5) is 0 Å². The lowest BCUT2D eigenvalue weighted by Gasteiger charge is -2.18. The van der Waals surface area contributed by atoms with Crippen LogP contribution >= 0.6 is 7.82 Å². The van der Waals surface area contributed by atoms with Crippen molar-refractivity contribution in [3.05, 3.63) is 0 Å². The SMILES string of the molecule is CCCCCCCCCCCCCCC(=O)O[C@H](COC(=O)CCC)COP(=O)(O)O. The highest BCUT2D eigenvalue weighted by Gasteiger charge is 2.22. The zero-order valence-electron chi connectivity index (χ0n) is 19.4. The van der Waals surface area contributed by atoms with Gasteiger partial charge in [-0.3, -0.25) is 14.1 Å². The van der Waals surface area contributed by atoms with E-state index in [-0.39, 0.29) is 19.4 Å². The van der Waals surface area contributed by atoms with E-state index in [4.69, 9.17) is 19.3 Å². The lowest BCUT2D eigenvalue weighted by atomic mass is 10.0. The molecule has 0 rings (SSSR count). The molecule has 0 aliphatic rings. The Morgan fingerprint density at radius 3 is 1.71 bits per heavy atom. The fourth-order valence-electron chi connectivity index (χ4n) is 3.11. The minimum Gasteiger partial charge on any atom is -0.462 e. The van der Waals surface area contributed by atoms with Gasteiger partial charge in [-0.2, -0.15) is 0 Å². The summed E-state index contributed by atoms with van der Waals surface area (Å²) < 4.78 is 25.5. The molecule has 0 amide bonds. The average Bonchev–Trinajstić information content (AvgIpc) is 2.70. The van der Waals surface area contributed by atoms with Crippen molar-refractivity contribution in [1.29, 1.82) is 0 Å². The molecule has 1 atom stereocenters. The molecule has 0 aromatic rings. The fourth-order valence-corrected chi connectivity index (χ4v) is 3.47. The molecule has 0 heterocycles. The number of carbonyl (C=O) groups is 2. The van der Waals surface area contributed by atoms with Gasteiger partial charge in [0.1, 0.15) is 6.61 Å². The first-order valence-corrected chi connectivity index (χ1v) is 13.4. The average molecular weight is 467 g/mol. The van der Waals surface area contributed by atoms with Crippen molar-refractivity contribution in [2.24, 2.45) is 0 Å². The molecule has 0 saturated carbocycles. The van der Waals surface area contributed by atoms with Crippen molar-refractivity contribution in [3.63, 3.8) is 0 Å². The molecule has 0 radical (unpaired) electrons. The van der Waals surface area contributed by atoms with Crippen molar-refractivity contribution in [2.75, 3.05) is 13.2 Å². The third kappa shape index (κ3) is 22.0. The van der Waals surface area contributed by atoms with Crippen molar-refractivity contribution in [2.45, 2.75) is 116 Å². The summed E-state index contributed by atoms with van der Waals surface area (Å²) in [5.74, 6) is -0.946. The van der Waals surface area contributed by atoms with Gasteiger partial charge in [-0.05, 0) is 12.8 Å². The van der Waals surface area contributed by atoms with Gasteiger partial charge in [-0.15, -0.1) is 0 Å². The molecule has 0 unspecified atom stereocenters. The molecular weight excluding hydrogens is 423 g/mol. The standard InChI is InChI=1S/C22H43O8P/c1-3-5-6-7-8-9-10-11-12-13-14-15-17-22(24)30-20(19-29-31(25,26)27)18-28-21(23)16-4-2/h20H,3-19H2,1-2H3,(H2,25,26,27)/t20-/m1/s1. The second kappa shape index (κ2) is 19.7. The maximum absolute atomic E-state index is 12.0. The number of phosphoric ester groups is 1. The first-order chi connectivity index (χ1) is 14.8. The maximum Gasteiger partial charge on any atom is 0.469 e. The number of unbranched alkanes of at least 4 members (excludes halogenated alkanes) is 11. The lowest BCUT2D eigenvalue weighted by molar-refractivity contribution is -0.161. The molecule has 0 aliphatic heterocycles. The first-order valence-electron chi connectivity index (χ1n) is 11.8. The Morgan fingerprint density at radius 1 is 0.710 bits per heavy atom. The van der Waals surface area contributed by atoms with Gasteiger partial charge in [0, 0.05) is 12.8 Å². The summed E-state index contributed by atoms with van der Waals surface area (Å²) >= 11 is 0. The van der Waals surface area contributed by atoms with Gasteiger partial charge in [-0.1, -0.05) is 84.5 Å². The van der Waals surface area contributed by atoms with E-state index in [9.17, 15) is 14.2 Å². The van der Waals surface area contributed by atoms with Crippen LogP contribution in [0.3, 0.4) is 0 Å². The van der Waals surface area contributed by atoms with Gasteiger partial charge in [-0.25, -0.2) is 4.57 Å². The van der Waals surface area contributed by atoms with Crippen molar-refractivity contribution < 1.29 is 37.9 Å². The van der Waals surface area contributed by atoms with Crippen LogP contribution in [0, 0.1) is 0 Å². The monoisotopic (exact) mass is 466 g/mol. The molecule has 0 aromatic carbocycles. The van der Waals surface area contributed by atoms with Crippen LogP contribution in [0.25, 0.3) is 0 Å². The van der Waals surface area contributed by atoms with Crippen LogP contribution in [-0.4, -0.2) is 41.0 Å². The molecule has 184 valence electrons. The summed E-state index contributed by atoms with van der Waals surface area (Å²) in [6.07, 6.45) is 14.3. The summed E-state index contributed by atoms with van der Waals surface area (Å²) in [6.45, 7) is 3.23. The number of rotatable bonds is 21. The Labute approximate surface area is 187 Å². The normalized spacial score (nSPS) is 12.5. The highest BCUT2D eigenvalue weighted by molar-refractivity contribution is 7.46. The molecule has 0 bridgehead atoms. The third-order valence-corrected chi connectivity index (χ3v) is 5.33. The summed E-state index contributed by atoms with van der Waals surface area (Å²) in [5, 5.41) is 0. The number of carbonyl (C=O) groups excluding carboxylic acids is 2. The highest BCUT2D eigenvalue weighted by Crippen LogP contribution is 2.35. The van der Waals surface area contributed by atoms with E-state index in [2.05, 4.69) is 11.4 Å². The van der Waals surface area contributed by atoms with E-state index in [0.717, 1.165) is 19.3 Å². The predicted octanol–water partition coefficient (Wildman–Crippen LogP) is 5.44. The molecule has 31 heavy (non-hydrogen) atoms. The van der Waals surface area contributed by atoms with Gasteiger partial charge < -0.3 is 19.3 Å². The minimum atomic E-state index is -4.70. The molecule has 8 nitrogen and oxygen atoms in total. The Kier molecular flexibility index (Phi) is 19.1. The van der Waals surface area contributed by atoms with E-state index in [0.29, 0.717) is 12.8 Å². The Hall–Kier alpha value is -0.950. The summed E-state index contributed by atoms with van der Waals surface area (Å²) in [6, 6.07) is 0. The van der Waals surface area contributed by atoms with Crippen LogP contribution in [0.5, 0.6) is 0 Å². The number of hydrogen-bond donors (Lipinski definition) is 2. The molecule has 9 heteroatoms. The smallest absolute Gasteiger partial charge is 0.462 e. The van der Waals surface area contributed by atoms with E-state index in [1.165, 1.54) is 51.4 Å². The van der Waals surface area contributed by atoms with Crippen LogP contribution in [0.2, 0.25) is 0 Å². The second-order valence-electron chi connectivity index (χ2n) is 7.97. The van der Waals surface area contributed by atoms with Gasteiger partial charge >= 0.3 is 19.8 Å². The van der Waals surface area contributed by atoms with Crippen molar-refractivity contribution in [3.8, 4) is 0 Å². The maximum atomic E-state index is 12.0. The molecule has 0 saturated heterocycles. The fraction of sp³-hybridized carbons (Fsp3) is 0.909. The molecule has 0 spiro atoms. The number of ether oxygens (including phenoxy) is 2. The molecule has 0 aromatic heterocycles. The van der Waals surface area contributed by atoms with Gasteiger partial charge in [0.25, 0.3) is 0 Å². The number of phosphoric acid groups is 1. The number of esters is 2. The number of hydrogen-bond acceptors (Lipinski definition) is 6. The van der Waals surface area contributed by atoms with Crippen LogP contribution in [0.1, 0.15) is 110 Å². The lowest BCUT2D eigenvalue weighted by Crippen LogP contribution is -2.29. The largest absolute Gasteiger partial charge is 0.469 e. The summed E-state index contributed by atoms with van der Waals surface area (Å²) in [4.78, 5) is 41.2. The van der Waals surface area contributed by atoms with E-state index >= 15 is 0 Å².